The molecule has 0 heterocycles. The maximum absolute atomic E-state index is 5.37. The van der Waals surface area contributed by atoms with Crippen molar-refractivity contribution >= 4 is 21.9 Å². The maximum atomic E-state index is 5.37. The second kappa shape index (κ2) is 8.44. The zero-order valence-corrected chi connectivity index (χ0v) is 14.4. The predicted molar refractivity (Wildman–Crippen MR) is 94.2 cm³/mol. The summed E-state index contributed by atoms with van der Waals surface area (Å²) >= 11 is 3.48. The Kier molecular flexibility index (Phi) is 6.27. The van der Waals surface area contributed by atoms with Gasteiger partial charge in [0.05, 0.1) is 7.11 Å². The SMILES string of the molecule is CN=C(NCc1ccccc1)NCc1cc(Br)ccc1OC. The Hall–Kier alpha value is -2.01. The number of guanidine groups is 1. The van der Waals surface area contributed by atoms with Crippen molar-refractivity contribution in [2.75, 3.05) is 14.2 Å². The van der Waals surface area contributed by atoms with Gasteiger partial charge in [0.15, 0.2) is 5.96 Å². The number of aliphatic imine (C=N–C) groups is 1. The summed E-state index contributed by atoms with van der Waals surface area (Å²) in [4.78, 5) is 4.24. The highest BCUT2D eigenvalue weighted by molar-refractivity contribution is 9.10. The van der Waals surface area contributed by atoms with Crippen LogP contribution in [0.15, 0.2) is 58.0 Å². The molecule has 0 atom stereocenters. The first-order valence-corrected chi connectivity index (χ1v) is 7.83. The molecule has 0 aromatic heterocycles. The fourth-order valence-corrected chi connectivity index (χ4v) is 2.48. The van der Waals surface area contributed by atoms with Crippen LogP contribution in [0.25, 0.3) is 0 Å². The maximum Gasteiger partial charge on any atom is 0.191 e. The van der Waals surface area contributed by atoms with E-state index in [2.05, 4.69) is 43.7 Å². The second-order valence-electron chi connectivity index (χ2n) is 4.72. The number of rotatable bonds is 5. The fraction of sp³-hybridized carbons (Fsp3) is 0.235. The van der Waals surface area contributed by atoms with Gasteiger partial charge in [-0.1, -0.05) is 46.3 Å². The van der Waals surface area contributed by atoms with E-state index in [1.807, 2.05) is 36.4 Å². The van der Waals surface area contributed by atoms with Crippen LogP contribution in [0, 0.1) is 0 Å². The molecule has 0 saturated heterocycles. The van der Waals surface area contributed by atoms with E-state index < -0.39 is 0 Å². The fourth-order valence-electron chi connectivity index (χ4n) is 2.07. The number of halogens is 1. The zero-order chi connectivity index (χ0) is 15.8. The molecule has 2 aromatic carbocycles. The minimum Gasteiger partial charge on any atom is -0.496 e. The summed E-state index contributed by atoms with van der Waals surface area (Å²) in [6.45, 7) is 1.37. The molecule has 0 saturated carbocycles. The van der Waals surface area contributed by atoms with Crippen molar-refractivity contribution in [1.29, 1.82) is 0 Å². The summed E-state index contributed by atoms with van der Waals surface area (Å²) in [5.41, 5.74) is 2.28. The van der Waals surface area contributed by atoms with E-state index in [1.54, 1.807) is 14.2 Å². The highest BCUT2D eigenvalue weighted by Gasteiger charge is 2.05. The molecule has 0 aliphatic heterocycles. The molecule has 0 aliphatic rings. The zero-order valence-electron chi connectivity index (χ0n) is 12.8. The van der Waals surface area contributed by atoms with Gasteiger partial charge >= 0.3 is 0 Å². The van der Waals surface area contributed by atoms with Gasteiger partial charge in [0.1, 0.15) is 5.75 Å². The lowest BCUT2D eigenvalue weighted by molar-refractivity contribution is 0.409. The van der Waals surface area contributed by atoms with Crippen LogP contribution in [-0.2, 0) is 13.1 Å². The molecule has 2 aromatic rings. The van der Waals surface area contributed by atoms with Crippen LogP contribution in [0.3, 0.4) is 0 Å². The van der Waals surface area contributed by atoms with Crippen molar-refractivity contribution in [2.45, 2.75) is 13.1 Å². The molecule has 0 spiro atoms. The quantitative estimate of drug-likeness (QED) is 0.634. The predicted octanol–water partition coefficient (Wildman–Crippen LogP) is 3.32. The number of benzene rings is 2. The summed E-state index contributed by atoms with van der Waals surface area (Å²) in [6, 6.07) is 16.2. The summed E-state index contributed by atoms with van der Waals surface area (Å²) in [7, 11) is 3.44. The molecule has 2 rings (SSSR count). The lowest BCUT2D eigenvalue weighted by atomic mass is 10.2. The van der Waals surface area contributed by atoms with E-state index in [-0.39, 0.29) is 0 Å². The third kappa shape index (κ3) is 4.77. The number of hydrogen-bond donors (Lipinski definition) is 2. The summed E-state index contributed by atoms with van der Waals surface area (Å²) in [5, 5.41) is 6.59. The first-order valence-electron chi connectivity index (χ1n) is 7.04. The Balaban J connectivity index is 1.93. The molecular weight excluding hydrogens is 342 g/mol. The third-order valence-electron chi connectivity index (χ3n) is 3.22. The molecule has 116 valence electrons. The lowest BCUT2D eigenvalue weighted by Crippen LogP contribution is -2.36. The lowest BCUT2D eigenvalue weighted by Gasteiger charge is -2.14. The van der Waals surface area contributed by atoms with Gasteiger partial charge < -0.3 is 15.4 Å². The standard InChI is InChI=1S/C17H20BrN3O/c1-19-17(20-11-13-6-4-3-5-7-13)21-12-14-10-15(18)8-9-16(14)22-2/h3-10H,11-12H2,1-2H3,(H2,19,20,21). The van der Waals surface area contributed by atoms with Crippen molar-refractivity contribution in [1.82, 2.24) is 10.6 Å². The number of methoxy groups -OCH3 is 1. The van der Waals surface area contributed by atoms with Crippen molar-refractivity contribution in [3.8, 4) is 5.75 Å². The van der Waals surface area contributed by atoms with Gasteiger partial charge in [-0.05, 0) is 23.8 Å². The van der Waals surface area contributed by atoms with Gasteiger partial charge in [0, 0.05) is 30.2 Å². The van der Waals surface area contributed by atoms with Gasteiger partial charge in [-0.2, -0.15) is 0 Å². The average Bonchev–Trinajstić information content (AvgIpc) is 2.56. The molecule has 0 fully saturated rings. The van der Waals surface area contributed by atoms with E-state index in [0.29, 0.717) is 6.54 Å². The topological polar surface area (TPSA) is 45.7 Å². The molecule has 4 nitrogen and oxygen atoms in total. The Morgan fingerprint density at radius 1 is 1.09 bits per heavy atom. The van der Waals surface area contributed by atoms with Crippen molar-refractivity contribution in [3.63, 3.8) is 0 Å². The largest absolute Gasteiger partial charge is 0.496 e. The van der Waals surface area contributed by atoms with Crippen LogP contribution in [0.4, 0.5) is 0 Å². The van der Waals surface area contributed by atoms with E-state index in [1.165, 1.54) is 5.56 Å². The molecule has 0 unspecified atom stereocenters. The molecule has 5 heteroatoms. The van der Waals surface area contributed by atoms with Crippen molar-refractivity contribution in [3.05, 3.63) is 64.1 Å². The average molecular weight is 362 g/mol. The van der Waals surface area contributed by atoms with E-state index in [9.17, 15) is 0 Å². The molecule has 22 heavy (non-hydrogen) atoms. The van der Waals surface area contributed by atoms with Gasteiger partial charge in [-0.3, -0.25) is 4.99 Å². The van der Waals surface area contributed by atoms with Crippen molar-refractivity contribution < 1.29 is 4.74 Å². The number of nitrogens with one attached hydrogen (secondary N) is 2. The second-order valence-corrected chi connectivity index (χ2v) is 5.64. The number of hydrogen-bond acceptors (Lipinski definition) is 2. The molecule has 0 radical (unpaired) electrons. The first-order chi connectivity index (χ1) is 10.7. The van der Waals surface area contributed by atoms with Gasteiger partial charge in [0.25, 0.3) is 0 Å². The third-order valence-corrected chi connectivity index (χ3v) is 3.71. The van der Waals surface area contributed by atoms with Crippen LogP contribution < -0.4 is 15.4 Å². The summed E-state index contributed by atoms with van der Waals surface area (Å²) in [5.74, 6) is 1.61. The number of nitrogens with zero attached hydrogens (tertiary/aromatic N) is 1. The van der Waals surface area contributed by atoms with Crippen LogP contribution in [0.5, 0.6) is 5.75 Å². The van der Waals surface area contributed by atoms with Gasteiger partial charge in [-0.25, -0.2) is 0 Å². The minimum atomic E-state index is 0.636. The highest BCUT2D eigenvalue weighted by Crippen LogP contribution is 2.22. The Morgan fingerprint density at radius 3 is 2.50 bits per heavy atom. The number of ether oxygens (including phenoxy) is 1. The van der Waals surface area contributed by atoms with Crippen LogP contribution in [0.2, 0.25) is 0 Å². The minimum absolute atomic E-state index is 0.636. The van der Waals surface area contributed by atoms with Crippen LogP contribution in [-0.4, -0.2) is 20.1 Å². The highest BCUT2D eigenvalue weighted by atomic mass is 79.9. The molecular formula is C17H20BrN3O. The van der Waals surface area contributed by atoms with E-state index >= 15 is 0 Å². The van der Waals surface area contributed by atoms with E-state index in [0.717, 1.165) is 28.3 Å². The van der Waals surface area contributed by atoms with Gasteiger partial charge in [-0.15, -0.1) is 0 Å². The van der Waals surface area contributed by atoms with Crippen LogP contribution >= 0.6 is 15.9 Å². The van der Waals surface area contributed by atoms with Gasteiger partial charge in [0.2, 0.25) is 0 Å². The molecule has 0 bridgehead atoms. The summed E-state index contributed by atoms with van der Waals surface area (Å²) in [6.07, 6.45) is 0. The van der Waals surface area contributed by atoms with Crippen molar-refractivity contribution in [2.24, 2.45) is 4.99 Å². The van der Waals surface area contributed by atoms with Crippen LogP contribution in [0.1, 0.15) is 11.1 Å². The Labute approximate surface area is 139 Å². The normalized spacial score (nSPS) is 11.1. The Morgan fingerprint density at radius 2 is 1.82 bits per heavy atom. The smallest absolute Gasteiger partial charge is 0.191 e. The Bertz CT molecular complexity index is 629. The molecule has 2 N–H and O–H groups in total. The molecule has 0 aliphatic carbocycles. The monoisotopic (exact) mass is 361 g/mol. The van der Waals surface area contributed by atoms with E-state index in [4.69, 9.17) is 4.74 Å². The summed E-state index contributed by atoms with van der Waals surface area (Å²) < 4.78 is 6.40. The first kappa shape index (κ1) is 16.4. The molecule has 0 amide bonds.